The van der Waals surface area contributed by atoms with Gasteiger partial charge in [0.05, 0.1) is 10.7 Å². The van der Waals surface area contributed by atoms with Crippen LogP contribution >= 0.6 is 23.2 Å². The fraction of sp³-hybridized carbons (Fsp3) is 0.600. The van der Waals surface area contributed by atoms with Crippen molar-refractivity contribution in [2.75, 3.05) is 11.9 Å². The lowest BCUT2D eigenvalue weighted by atomic mass is 9.87. The van der Waals surface area contributed by atoms with E-state index in [9.17, 15) is 0 Å². The first-order chi connectivity index (χ1) is 8.66. The predicted octanol–water partition coefficient (Wildman–Crippen LogP) is 5.68. The summed E-state index contributed by atoms with van der Waals surface area (Å²) in [6, 6.07) is 3.85. The van der Waals surface area contributed by atoms with Gasteiger partial charge in [0.15, 0.2) is 0 Å². The lowest BCUT2D eigenvalue weighted by Crippen LogP contribution is -2.12. The number of rotatable bonds is 4. The van der Waals surface area contributed by atoms with Gasteiger partial charge in [-0.1, -0.05) is 55.3 Å². The molecule has 0 heterocycles. The van der Waals surface area contributed by atoms with Crippen LogP contribution in [-0.2, 0) is 0 Å². The van der Waals surface area contributed by atoms with Crippen LogP contribution in [0.4, 0.5) is 5.69 Å². The Hall–Kier alpha value is -0.400. The number of anilines is 1. The van der Waals surface area contributed by atoms with E-state index in [2.05, 4.69) is 5.32 Å². The van der Waals surface area contributed by atoms with Crippen LogP contribution in [0, 0.1) is 12.8 Å². The van der Waals surface area contributed by atoms with Crippen molar-refractivity contribution in [2.45, 2.75) is 45.4 Å². The number of benzene rings is 1. The average molecular weight is 286 g/mol. The SMILES string of the molecule is Cc1cc(Cl)c(NCCC2CCCCC2)cc1Cl. The normalized spacial score (nSPS) is 16.8. The van der Waals surface area contributed by atoms with Crippen LogP contribution in [0.1, 0.15) is 44.1 Å². The molecule has 0 aromatic heterocycles. The minimum absolute atomic E-state index is 0.764. The molecule has 100 valence electrons. The highest BCUT2D eigenvalue weighted by atomic mass is 35.5. The molecular weight excluding hydrogens is 265 g/mol. The first-order valence-electron chi connectivity index (χ1n) is 6.86. The summed E-state index contributed by atoms with van der Waals surface area (Å²) >= 11 is 12.3. The van der Waals surface area contributed by atoms with Crippen LogP contribution in [0.2, 0.25) is 10.0 Å². The molecule has 0 radical (unpaired) electrons. The van der Waals surface area contributed by atoms with Gasteiger partial charge in [-0.2, -0.15) is 0 Å². The van der Waals surface area contributed by atoms with E-state index < -0.39 is 0 Å². The fourth-order valence-corrected chi connectivity index (χ4v) is 3.12. The zero-order chi connectivity index (χ0) is 13.0. The van der Waals surface area contributed by atoms with Crippen molar-refractivity contribution in [1.29, 1.82) is 0 Å². The summed E-state index contributed by atoms with van der Waals surface area (Å²) in [5.41, 5.74) is 1.99. The first kappa shape index (κ1) is 14.0. The molecule has 1 aliphatic carbocycles. The highest BCUT2D eigenvalue weighted by Gasteiger charge is 2.13. The van der Waals surface area contributed by atoms with Crippen LogP contribution < -0.4 is 5.32 Å². The van der Waals surface area contributed by atoms with Gasteiger partial charge in [0.2, 0.25) is 0 Å². The Morgan fingerprint density at radius 1 is 1.11 bits per heavy atom. The molecule has 1 nitrogen and oxygen atoms in total. The Kier molecular flexibility index (Phi) is 5.20. The van der Waals surface area contributed by atoms with E-state index in [1.807, 2.05) is 19.1 Å². The minimum atomic E-state index is 0.764. The minimum Gasteiger partial charge on any atom is -0.384 e. The summed E-state index contributed by atoms with van der Waals surface area (Å²) in [5.74, 6) is 0.894. The number of hydrogen-bond acceptors (Lipinski definition) is 1. The molecule has 0 unspecified atom stereocenters. The number of halogens is 2. The van der Waals surface area contributed by atoms with E-state index in [4.69, 9.17) is 23.2 Å². The third kappa shape index (κ3) is 3.80. The highest BCUT2D eigenvalue weighted by Crippen LogP contribution is 2.30. The third-order valence-corrected chi connectivity index (χ3v) is 4.56. The number of hydrogen-bond donors (Lipinski definition) is 1. The molecule has 1 aromatic rings. The standard InChI is InChI=1S/C15H21Cl2N/c1-11-9-14(17)15(10-13(11)16)18-8-7-12-5-3-2-4-6-12/h9-10,12,18H,2-8H2,1H3. The smallest absolute Gasteiger partial charge is 0.0641 e. The van der Waals surface area contributed by atoms with Gasteiger partial charge in [0, 0.05) is 11.6 Å². The summed E-state index contributed by atoms with van der Waals surface area (Å²) in [6.45, 7) is 2.96. The van der Waals surface area contributed by atoms with Crippen LogP contribution in [0.5, 0.6) is 0 Å². The summed E-state index contributed by atoms with van der Waals surface area (Å²) in [4.78, 5) is 0. The largest absolute Gasteiger partial charge is 0.384 e. The Bertz CT molecular complexity index is 398. The van der Waals surface area contributed by atoms with E-state index in [1.165, 1.54) is 38.5 Å². The van der Waals surface area contributed by atoms with Crippen LogP contribution in [-0.4, -0.2) is 6.54 Å². The molecule has 1 N–H and O–H groups in total. The van der Waals surface area contributed by atoms with Gasteiger partial charge in [-0.05, 0) is 37.0 Å². The zero-order valence-corrected chi connectivity index (χ0v) is 12.4. The van der Waals surface area contributed by atoms with Crippen molar-refractivity contribution in [3.05, 3.63) is 27.7 Å². The quantitative estimate of drug-likeness (QED) is 0.750. The van der Waals surface area contributed by atoms with E-state index >= 15 is 0 Å². The molecule has 1 aliphatic rings. The molecule has 0 bridgehead atoms. The number of aryl methyl sites for hydroxylation is 1. The fourth-order valence-electron chi connectivity index (χ4n) is 2.67. The molecule has 0 amide bonds. The van der Waals surface area contributed by atoms with Crippen molar-refractivity contribution in [3.8, 4) is 0 Å². The molecule has 18 heavy (non-hydrogen) atoms. The molecule has 1 fully saturated rings. The van der Waals surface area contributed by atoms with Crippen molar-refractivity contribution < 1.29 is 0 Å². The zero-order valence-electron chi connectivity index (χ0n) is 10.9. The highest BCUT2D eigenvalue weighted by molar-refractivity contribution is 6.35. The van der Waals surface area contributed by atoms with Gasteiger partial charge in [-0.3, -0.25) is 0 Å². The Balaban J connectivity index is 1.84. The van der Waals surface area contributed by atoms with E-state index in [1.54, 1.807) is 0 Å². The second kappa shape index (κ2) is 6.68. The maximum Gasteiger partial charge on any atom is 0.0641 e. The summed E-state index contributed by atoms with van der Waals surface area (Å²) in [7, 11) is 0. The van der Waals surface area contributed by atoms with Gasteiger partial charge in [0.25, 0.3) is 0 Å². The Morgan fingerprint density at radius 2 is 1.83 bits per heavy atom. The topological polar surface area (TPSA) is 12.0 Å². The maximum atomic E-state index is 6.20. The molecule has 0 spiro atoms. The van der Waals surface area contributed by atoms with E-state index in [-0.39, 0.29) is 0 Å². The summed E-state index contributed by atoms with van der Waals surface area (Å²) in [6.07, 6.45) is 8.25. The average Bonchev–Trinajstić information content (AvgIpc) is 2.37. The van der Waals surface area contributed by atoms with Gasteiger partial charge >= 0.3 is 0 Å². The maximum absolute atomic E-state index is 6.20. The Morgan fingerprint density at radius 3 is 2.56 bits per heavy atom. The molecule has 1 saturated carbocycles. The Labute approximate surface area is 120 Å². The van der Waals surface area contributed by atoms with E-state index in [0.29, 0.717) is 0 Å². The molecule has 1 aromatic carbocycles. The molecule has 0 saturated heterocycles. The van der Waals surface area contributed by atoms with Crippen LogP contribution in [0.15, 0.2) is 12.1 Å². The lowest BCUT2D eigenvalue weighted by molar-refractivity contribution is 0.345. The van der Waals surface area contributed by atoms with E-state index in [0.717, 1.165) is 33.8 Å². The molecule has 2 rings (SSSR count). The molecule has 3 heteroatoms. The van der Waals surface area contributed by atoms with Crippen molar-refractivity contribution >= 4 is 28.9 Å². The molecule has 0 aliphatic heterocycles. The second-order valence-electron chi connectivity index (χ2n) is 5.30. The van der Waals surface area contributed by atoms with Gasteiger partial charge in [0.1, 0.15) is 0 Å². The van der Waals surface area contributed by atoms with Crippen molar-refractivity contribution in [3.63, 3.8) is 0 Å². The summed E-state index contributed by atoms with van der Waals surface area (Å²) < 4.78 is 0. The first-order valence-corrected chi connectivity index (χ1v) is 7.62. The molecular formula is C15H21Cl2N. The lowest BCUT2D eigenvalue weighted by Gasteiger charge is -2.21. The van der Waals surface area contributed by atoms with Gasteiger partial charge in [-0.25, -0.2) is 0 Å². The van der Waals surface area contributed by atoms with Gasteiger partial charge < -0.3 is 5.32 Å². The van der Waals surface area contributed by atoms with Crippen molar-refractivity contribution in [2.24, 2.45) is 5.92 Å². The summed E-state index contributed by atoms with van der Waals surface area (Å²) in [5, 5.41) is 4.95. The van der Waals surface area contributed by atoms with Gasteiger partial charge in [-0.15, -0.1) is 0 Å². The molecule has 0 atom stereocenters. The van der Waals surface area contributed by atoms with Crippen LogP contribution in [0.25, 0.3) is 0 Å². The number of nitrogens with one attached hydrogen (secondary N) is 1. The van der Waals surface area contributed by atoms with Crippen LogP contribution in [0.3, 0.4) is 0 Å². The van der Waals surface area contributed by atoms with Crippen molar-refractivity contribution in [1.82, 2.24) is 0 Å². The second-order valence-corrected chi connectivity index (χ2v) is 6.12. The third-order valence-electron chi connectivity index (χ3n) is 3.84. The predicted molar refractivity (Wildman–Crippen MR) is 80.9 cm³/mol. The monoisotopic (exact) mass is 285 g/mol.